The van der Waals surface area contributed by atoms with Gasteiger partial charge in [-0.1, -0.05) is 18.2 Å². The quantitative estimate of drug-likeness (QED) is 0.841. The molecule has 0 aliphatic rings. The highest BCUT2D eigenvalue weighted by Gasteiger charge is 2.08. The van der Waals surface area contributed by atoms with E-state index in [-0.39, 0.29) is 11.7 Å². The Morgan fingerprint density at radius 1 is 1.25 bits per heavy atom. The van der Waals surface area contributed by atoms with Crippen molar-refractivity contribution in [1.29, 1.82) is 0 Å². The molecular formula is C16H17FN2O. The van der Waals surface area contributed by atoms with Gasteiger partial charge < -0.3 is 11.1 Å². The van der Waals surface area contributed by atoms with Crippen molar-refractivity contribution in [3.05, 3.63) is 65.0 Å². The van der Waals surface area contributed by atoms with Crippen LogP contribution in [0.5, 0.6) is 0 Å². The molecule has 0 aliphatic heterocycles. The summed E-state index contributed by atoms with van der Waals surface area (Å²) in [7, 11) is 0. The number of para-hydroxylation sites is 1. The topological polar surface area (TPSA) is 55.1 Å². The minimum absolute atomic E-state index is 0.192. The molecule has 0 spiro atoms. The number of hydrogen-bond acceptors (Lipinski definition) is 2. The van der Waals surface area contributed by atoms with Crippen molar-refractivity contribution in [2.24, 2.45) is 0 Å². The molecule has 2 aromatic carbocycles. The van der Waals surface area contributed by atoms with Gasteiger partial charge in [0.05, 0.1) is 5.56 Å². The highest BCUT2D eigenvalue weighted by molar-refractivity contribution is 5.99. The van der Waals surface area contributed by atoms with E-state index in [2.05, 4.69) is 5.32 Å². The lowest BCUT2D eigenvalue weighted by Crippen LogP contribution is -2.26. The van der Waals surface area contributed by atoms with Gasteiger partial charge in [-0.3, -0.25) is 4.79 Å². The van der Waals surface area contributed by atoms with E-state index in [4.69, 9.17) is 5.73 Å². The van der Waals surface area contributed by atoms with Crippen molar-refractivity contribution >= 4 is 11.6 Å². The van der Waals surface area contributed by atoms with Crippen LogP contribution in [0.15, 0.2) is 42.5 Å². The molecule has 0 fully saturated rings. The molecule has 0 saturated heterocycles. The lowest BCUT2D eigenvalue weighted by atomic mass is 10.1. The molecule has 3 N–H and O–H groups in total. The van der Waals surface area contributed by atoms with Crippen molar-refractivity contribution in [2.45, 2.75) is 13.3 Å². The lowest BCUT2D eigenvalue weighted by molar-refractivity contribution is 0.0955. The fourth-order valence-corrected chi connectivity index (χ4v) is 2.05. The first-order valence-corrected chi connectivity index (χ1v) is 6.45. The number of aryl methyl sites for hydroxylation is 1. The molecule has 0 radical (unpaired) electrons. The monoisotopic (exact) mass is 272 g/mol. The summed E-state index contributed by atoms with van der Waals surface area (Å²) in [6.07, 6.45) is 0.657. The second-order valence-corrected chi connectivity index (χ2v) is 4.66. The van der Waals surface area contributed by atoms with Gasteiger partial charge in [0.2, 0.25) is 0 Å². The normalized spacial score (nSPS) is 10.3. The molecule has 3 nitrogen and oxygen atoms in total. The standard InChI is InChI=1S/C16H17FN2O/c1-11-10-13(17)7-6-12(11)8-9-19-16(20)14-4-2-3-5-15(14)18/h2-7,10H,8-9,18H2,1H3,(H,19,20). The number of benzene rings is 2. The van der Waals surface area contributed by atoms with Crippen molar-refractivity contribution in [2.75, 3.05) is 12.3 Å². The average molecular weight is 272 g/mol. The van der Waals surface area contributed by atoms with Crippen LogP contribution in [0, 0.1) is 12.7 Å². The first-order chi connectivity index (χ1) is 9.58. The zero-order valence-electron chi connectivity index (χ0n) is 11.3. The van der Waals surface area contributed by atoms with Gasteiger partial charge in [-0.25, -0.2) is 4.39 Å². The number of anilines is 1. The Morgan fingerprint density at radius 2 is 2.00 bits per heavy atom. The van der Waals surface area contributed by atoms with Gasteiger partial charge in [-0.2, -0.15) is 0 Å². The third kappa shape index (κ3) is 3.35. The fraction of sp³-hybridized carbons (Fsp3) is 0.188. The van der Waals surface area contributed by atoms with Crippen LogP contribution in [-0.4, -0.2) is 12.5 Å². The number of nitrogens with one attached hydrogen (secondary N) is 1. The molecule has 0 atom stereocenters. The third-order valence-corrected chi connectivity index (χ3v) is 3.19. The molecule has 4 heteroatoms. The zero-order chi connectivity index (χ0) is 14.5. The highest BCUT2D eigenvalue weighted by Crippen LogP contribution is 2.12. The Bertz CT molecular complexity index is 626. The maximum atomic E-state index is 13.0. The fourth-order valence-electron chi connectivity index (χ4n) is 2.05. The molecule has 2 aromatic rings. The predicted octanol–water partition coefficient (Wildman–Crippen LogP) is 2.69. The van der Waals surface area contributed by atoms with E-state index < -0.39 is 0 Å². The van der Waals surface area contributed by atoms with Crippen LogP contribution in [0.25, 0.3) is 0 Å². The highest BCUT2D eigenvalue weighted by atomic mass is 19.1. The number of rotatable bonds is 4. The van der Waals surface area contributed by atoms with Gasteiger partial charge in [-0.05, 0) is 48.7 Å². The minimum atomic E-state index is -0.243. The van der Waals surface area contributed by atoms with E-state index >= 15 is 0 Å². The summed E-state index contributed by atoms with van der Waals surface area (Å²) < 4.78 is 13.0. The average Bonchev–Trinajstić information content (AvgIpc) is 2.41. The summed E-state index contributed by atoms with van der Waals surface area (Å²) >= 11 is 0. The van der Waals surface area contributed by atoms with Gasteiger partial charge >= 0.3 is 0 Å². The van der Waals surface area contributed by atoms with Crippen LogP contribution >= 0.6 is 0 Å². The first-order valence-electron chi connectivity index (χ1n) is 6.45. The van der Waals surface area contributed by atoms with Gasteiger partial charge in [0.25, 0.3) is 5.91 Å². The summed E-state index contributed by atoms with van der Waals surface area (Å²) in [6.45, 7) is 2.34. The van der Waals surface area contributed by atoms with Crippen LogP contribution in [0.1, 0.15) is 21.5 Å². The Balaban J connectivity index is 1.93. The molecule has 0 saturated carbocycles. The van der Waals surface area contributed by atoms with E-state index in [9.17, 15) is 9.18 Å². The second-order valence-electron chi connectivity index (χ2n) is 4.66. The Morgan fingerprint density at radius 3 is 2.70 bits per heavy atom. The van der Waals surface area contributed by atoms with Crippen LogP contribution < -0.4 is 11.1 Å². The van der Waals surface area contributed by atoms with Crippen LogP contribution in [0.2, 0.25) is 0 Å². The maximum Gasteiger partial charge on any atom is 0.253 e. The Labute approximate surface area is 117 Å². The molecule has 0 bridgehead atoms. The number of amides is 1. The molecule has 0 aliphatic carbocycles. The molecule has 0 unspecified atom stereocenters. The summed E-state index contributed by atoms with van der Waals surface area (Å²) in [5.74, 6) is -0.435. The summed E-state index contributed by atoms with van der Waals surface area (Å²) in [6, 6.07) is 11.6. The largest absolute Gasteiger partial charge is 0.398 e. The molecular weight excluding hydrogens is 255 g/mol. The summed E-state index contributed by atoms with van der Waals surface area (Å²) in [4.78, 5) is 11.9. The number of nitrogen functional groups attached to an aromatic ring is 1. The van der Waals surface area contributed by atoms with Crippen LogP contribution in [-0.2, 0) is 6.42 Å². The smallest absolute Gasteiger partial charge is 0.253 e. The molecule has 1 amide bonds. The summed E-state index contributed by atoms with van der Waals surface area (Å²) in [5.41, 5.74) is 8.59. The lowest BCUT2D eigenvalue weighted by Gasteiger charge is -2.09. The number of halogens is 1. The van der Waals surface area contributed by atoms with Crippen LogP contribution in [0.4, 0.5) is 10.1 Å². The van der Waals surface area contributed by atoms with Gasteiger partial charge in [0.15, 0.2) is 0 Å². The molecule has 104 valence electrons. The Kier molecular flexibility index (Phi) is 4.35. The summed E-state index contributed by atoms with van der Waals surface area (Å²) in [5, 5.41) is 2.82. The number of carbonyl (C=O) groups excluding carboxylic acids is 1. The molecule has 0 heterocycles. The van der Waals surface area contributed by atoms with Gasteiger partial charge in [-0.15, -0.1) is 0 Å². The predicted molar refractivity (Wildman–Crippen MR) is 78.0 cm³/mol. The first kappa shape index (κ1) is 14.1. The van der Waals surface area contributed by atoms with Crippen LogP contribution in [0.3, 0.4) is 0 Å². The van der Waals surface area contributed by atoms with E-state index in [1.165, 1.54) is 12.1 Å². The molecule has 2 rings (SSSR count). The molecule has 20 heavy (non-hydrogen) atoms. The van der Waals surface area contributed by atoms with Crippen molar-refractivity contribution in [3.63, 3.8) is 0 Å². The van der Waals surface area contributed by atoms with E-state index in [1.54, 1.807) is 30.3 Å². The Hall–Kier alpha value is -2.36. The molecule has 0 aromatic heterocycles. The second kappa shape index (κ2) is 6.19. The SMILES string of the molecule is Cc1cc(F)ccc1CCNC(=O)c1ccccc1N. The van der Waals surface area contributed by atoms with E-state index in [0.717, 1.165) is 11.1 Å². The zero-order valence-corrected chi connectivity index (χ0v) is 11.3. The van der Waals surface area contributed by atoms with E-state index in [0.29, 0.717) is 24.2 Å². The maximum absolute atomic E-state index is 13.0. The number of carbonyl (C=O) groups is 1. The minimum Gasteiger partial charge on any atom is -0.398 e. The van der Waals surface area contributed by atoms with E-state index in [1.807, 2.05) is 6.92 Å². The number of nitrogens with two attached hydrogens (primary N) is 1. The van der Waals surface area contributed by atoms with Gasteiger partial charge in [0, 0.05) is 12.2 Å². The van der Waals surface area contributed by atoms with Crippen molar-refractivity contribution in [3.8, 4) is 0 Å². The number of hydrogen-bond donors (Lipinski definition) is 2. The van der Waals surface area contributed by atoms with Crippen molar-refractivity contribution < 1.29 is 9.18 Å². The van der Waals surface area contributed by atoms with Gasteiger partial charge in [0.1, 0.15) is 5.82 Å². The third-order valence-electron chi connectivity index (χ3n) is 3.19. The van der Waals surface area contributed by atoms with Crippen molar-refractivity contribution in [1.82, 2.24) is 5.32 Å².